The SMILES string of the molecule is NC1CNCCC1c1ccc(C(=O)O)cc1. The second kappa shape index (κ2) is 4.63. The maximum absolute atomic E-state index is 10.7. The highest BCUT2D eigenvalue weighted by Gasteiger charge is 2.22. The fourth-order valence-electron chi connectivity index (χ4n) is 2.17. The molecule has 0 radical (unpaired) electrons. The topological polar surface area (TPSA) is 75.3 Å². The van der Waals surface area contributed by atoms with E-state index in [1.165, 1.54) is 0 Å². The molecular formula is C12H16N2O2. The molecule has 0 amide bonds. The summed E-state index contributed by atoms with van der Waals surface area (Å²) in [5.74, 6) is -0.551. The van der Waals surface area contributed by atoms with E-state index in [4.69, 9.17) is 10.8 Å². The Labute approximate surface area is 94.5 Å². The van der Waals surface area contributed by atoms with E-state index in [0.717, 1.165) is 25.1 Å². The third-order valence-electron chi connectivity index (χ3n) is 3.11. The second-order valence-electron chi connectivity index (χ2n) is 4.19. The van der Waals surface area contributed by atoms with E-state index in [-0.39, 0.29) is 6.04 Å². The molecular weight excluding hydrogens is 204 g/mol. The van der Waals surface area contributed by atoms with Gasteiger partial charge in [-0.2, -0.15) is 0 Å². The largest absolute Gasteiger partial charge is 0.478 e. The molecule has 0 aliphatic carbocycles. The molecule has 1 heterocycles. The molecule has 4 nitrogen and oxygen atoms in total. The summed E-state index contributed by atoms with van der Waals surface area (Å²) < 4.78 is 0. The molecule has 1 aliphatic heterocycles. The number of hydrogen-bond donors (Lipinski definition) is 3. The van der Waals surface area contributed by atoms with Crippen LogP contribution >= 0.6 is 0 Å². The first kappa shape index (κ1) is 11.1. The van der Waals surface area contributed by atoms with Crippen molar-refractivity contribution in [2.75, 3.05) is 13.1 Å². The van der Waals surface area contributed by atoms with Crippen molar-refractivity contribution < 1.29 is 9.90 Å². The van der Waals surface area contributed by atoms with Crippen LogP contribution < -0.4 is 11.1 Å². The summed E-state index contributed by atoms with van der Waals surface area (Å²) >= 11 is 0. The van der Waals surface area contributed by atoms with Gasteiger partial charge in [0.2, 0.25) is 0 Å². The minimum Gasteiger partial charge on any atom is -0.478 e. The van der Waals surface area contributed by atoms with Crippen molar-refractivity contribution in [1.29, 1.82) is 0 Å². The molecule has 0 aromatic heterocycles. The molecule has 1 aromatic carbocycles. The molecule has 4 N–H and O–H groups in total. The minimum atomic E-state index is -0.888. The third-order valence-corrected chi connectivity index (χ3v) is 3.11. The Hall–Kier alpha value is -1.39. The van der Waals surface area contributed by atoms with Gasteiger partial charge in [0.05, 0.1) is 5.56 Å². The van der Waals surface area contributed by atoms with Crippen molar-refractivity contribution in [3.8, 4) is 0 Å². The number of rotatable bonds is 2. The third kappa shape index (κ3) is 2.23. The first-order valence-corrected chi connectivity index (χ1v) is 5.48. The van der Waals surface area contributed by atoms with Gasteiger partial charge in [0, 0.05) is 18.5 Å². The smallest absolute Gasteiger partial charge is 0.335 e. The molecule has 2 atom stereocenters. The summed E-state index contributed by atoms with van der Waals surface area (Å²) in [5, 5.41) is 12.0. The molecule has 1 aliphatic rings. The van der Waals surface area contributed by atoms with Crippen LogP contribution in [0.3, 0.4) is 0 Å². The molecule has 2 rings (SSSR count). The Kier molecular flexibility index (Phi) is 3.22. The van der Waals surface area contributed by atoms with Gasteiger partial charge in [-0.15, -0.1) is 0 Å². The predicted molar refractivity (Wildman–Crippen MR) is 61.6 cm³/mol. The van der Waals surface area contributed by atoms with Gasteiger partial charge in [0.25, 0.3) is 0 Å². The summed E-state index contributed by atoms with van der Waals surface area (Å²) in [6.07, 6.45) is 1.01. The minimum absolute atomic E-state index is 0.115. The summed E-state index contributed by atoms with van der Waals surface area (Å²) in [4.78, 5) is 10.7. The molecule has 0 saturated carbocycles. The summed E-state index contributed by atoms with van der Waals surface area (Å²) in [5.41, 5.74) is 7.49. The molecule has 4 heteroatoms. The normalized spacial score (nSPS) is 25.3. The monoisotopic (exact) mass is 220 g/mol. The molecule has 2 unspecified atom stereocenters. The van der Waals surface area contributed by atoms with E-state index in [9.17, 15) is 4.79 Å². The zero-order valence-electron chi connectivity index (χ0n) is 9.02. The van der Waals surface area contributed by atoms with E-state index < -0.39 is 5.97 Å². The van der Waals surface area contributed by atoms with E-state index in [1.54, 1.807) is 12.1 Å². The van der Waals surface area contributed by atoms with E-state index >= 15 is 0 Å². The first-order valence-electron chi connectivity index (χ1n) is 5.48. The van der Waals surface area contributed by atoms with Crippen LogP contribution in [0.5, 0.6) is 0 Å². The highest BCUT2D eigenvalue weighted by atomic mass is 16.4. The van der Waals surface area contributed by atoms with E-state index in [0.29, 0.717) is 11.5 Å². The lowest BCUT2D eigenvalue weighted by Gasteiger charge is -2.29. The van der Waals surface area contributed by atoms with Crippen LogP contribution in [0.15, 0.2) is 24.3 Å². The lowest BCUT2D eigenvalue weighted by atomic mass is 9.86. The number of aromatic carboxylic acids is 1. The van der Waals surface area contributed by atoms with Gasteiger partial charge in [-0.1, -0.05) is 12.1 Å². The van der Waals surface area contributed by atoms with Crippen LogP contribution in [0, 0.1) is 0 Å². The Morgan fingerprint density at radius 3 is 2.62 bits per heavy atom. The maximum atomic E-state index is 10.7. The van der Waals surface area contributed by atoms with Crippen molar-refractivity contribution >= 4 is 5.97 Å². The number of carboxylic acids is 1. The Bertz CT molecular complexity index is 375. The average Bonchev–Trinajstić information content (AvgIpc) is 2.30. The molecule has 16 heavy (non-hydrogen) atoms. The fraction of sp³-hybridized carbons (Fsp3) is 0.417. The predicted octanol–water partition coefficient (Wildman–Crippen LogP) is 0.789. The van der Waals surface area contributed by atoms with Gasteiger partial charge in [0.1, 0.15) is 0 Å². The van der Waals surface area contributed by atoms with Crippen molar-refractivity contribution in [2.45, 2.75) is 18.4 Å². The lowest BCUT2D eigenvalue weighted by molar-refractivity contribution is 0.0697. The van der Waals surface area contributed by atoms with Gasteiger partial charge >= 0.3 is 5.97 Å². The second-order valence-corrected chi connectivity index (χ2v) is 4.19. The average molecular weight is 220 g/mol. The van der Waals surface area contributed by atoms with Gasteiger partial charge in [-0.25, -0.2) is 4.79 Å². The zero-order valence-corrected chi connectivity index (χ0v) is 9.02. The van der Waals surface area contributed by atoms with Crippen LogP contribution in [0.4, 0.5) is 0 Å². The molecule has 0 bridgehead atoms. The highest BCUT2D eigenvalue weighted by molar-refractivity contribution is 5.87. The highest BCUT2D eigenvalue weighted by Crippen LogP contribution is 2.24. The Morgan fingerprint density at radius 2 is 2.06 bits per heavy atom. The molecule has 1 saturated heterocycles. The number of benzene rings is 1. The van der Waals surface area contributed by atoms with Gasteiger partial charge in [0.15, 0.2) is 0 Å². The van der Waals surface area contributed by atoms with E-state index in [1.807, 2.05) is 12.1 Å². The van der Waals surface area contributed by atoms with Crippen molar-refractivity contribution in [1.82, 2.24) is 5.32 Å². The summed E-state index contributed by atoms with van der Waals surface area (Å²) in [7, 11) is 0. The first-order chi connectivity index (χ1) is 7.68. The summed E-state index contributed by atoms with van der Waals surface area (Å²) in [6, 6.07) is 7.15. The zero-order chi connectivity index (χ0) is 11.5. The van der Waals surface area contributed by atoms with Crippen LogP contribution in [-0.4, -0.2) is 30.2 Å². The molecule has 1 fully saturated rings. The molecule has 0 spiro atoms. The van der Waals surface area contributed by atoms with Crippen LogP contribution in [0.25, 0.3) is 0 Å². The van der Waals surface area contributed by atoms with Crippen LogP contribution in [0.1, 0.15) is 28.3 Å². The standard InChI is InChI=1S/C12H16N2O2/c13-11-7-14-6-5-10(11)8-1-3-9(4-2-8)12(15)16/h1-4,10-11,14H,5-7,13H2,(H,15,16). The van der Waals surface area contributed by atoms with Crippen LogP contribution in [-0.2, 0) is 0 Å². The number of piperidine rings is 1. The summed E-state index contributed by atoms with van der Waals surface area (Å²) in [6.45, 7) is 1.80. The number of nitrogens with one attached hydrogen (secondary N) is 1. The lowest BCUT2D eigenvalue weighted by Crippen LogP contribution is -2.44. The Balaban J connectivity index is 2.17. The van der Waals surface area contributed by atoms with E-state index in [2.05, 4.69) is 5.32 Å². The number of hydrogen-bond acceptors (Lipinski definition) is 3. The number of carboxylic acid groups (broad SMARTS) is 1. The number of carbonyl (C=O) groups is 1. The van der Waals surface area contributed by atoms with Gasteiger partial charge in [-0.3, -0.25) is 0 Å². The number of nitrogens with two attached hydrogens (primary N) is 1. The van der Waals surface area contributed by atoms with Crippen molar-refractivity contribution in [3.05, 3.63) is 35.4 Å². The van der Waals surface area contributed by atoms with Gasteiger partial charge in [-0.05, 0) is 30.7 Å². The van der Waals surface area contributed by atoms with Crippen molar-refractivity contribution in [3.63, 3.8) is 0 Å². The molecule has 1 aromatic rings. The fourth-order valence-corrected chi connectivity index (χ4v) is 2.17. The van der Waals surface area contributed by atoms with Crippen LogP contribution in [0.2, 0.25) is 0 Å². The quantitative estimate of drug-likeness (QED) is 0.688. The van der Waals surface area contributed by atoms with Crippen molar-refractivity contribution in [2.24, 2.45) is 5.73 Å². The van der Waals surface area contributed by atoms with Gasteiger partial charge < -0.3 is 16.2 Å². The Morgan fingerprint density at radius 1 is 1.38 bits per heavy atom. The molecule has 86 valence electrons. The maximum Gasteiger partial charge on any atom is 0.335 e.